The number of hydrogen-bond acceptors (Lipinski definition) is 6. The van der Waals surface area contributed by atoms with Crippen LogP contribution in [0.2, 0.25) is 0 Å². The molecule has 1 aliphatic heterocycles. The molecule has 8 nitrogen and oxygen atoms in total. The molecule has 1 N–H and O–H groups in total. The Morgan fingerprint density at radius 2 is 1.68 bits per heavy atom. The third kappa shape index (κ3) is 7.09. The molecular weight excluding hydrogens is 576 g/mol. The van der Waals surface area contributed by atoms with E-state index in [1.807, 2.05) is 30.3 Å². The number of unbranched alkanes of at least 4 members (excludes halogenated alkanes) is 3. The van der Waals surface area contributed by atoms with Gasteiger partial charge in [0.1, 0.15) is 17.9 Å². The lowest BCUT2D eigenvalue weighted by atomic mass is 10.1. The van der Waals surface area contributed by atoms with Crippen molar-refractivity contribution in [1.82, 2.24) is 5.32 Å². The minimum absolute atomic E-state index is 0.189. The largest absolute Gasteiger partial charge is 0.493 e. The number of benzene rings is 3. The summed E-state index contributed by atoms with van der Waals surface area (Å²) >= 11 is 3.51. The number of rotatable bonds is 12. The maximum atomic E-state index is 13.4. The van der Waals surface area contributed by atoms with E-state index in [1.165, 1.54) is 13.2 Å². The van der Waals surface area contributed by atoms with Crippen LogP contribution in [0, 0.1) is 0 Å². The number of barbiturate groups is 1. The highest BCUT2D eigenvalue weighted by molar-refractivity contribution is 9.10. The van der Waals surface area contributed by atoms with E-state index in [2.05, 4.69) is 28.2 Å². The summed E-state index contributed by atoms with van der Waals surface area (Å²) in [5.41, 5.74) is 1.66. The zero-order valence-corrected chi connectivity index (χ0v) is 24.0. The van der Waals surface area contributed by atoms with Gasteiger partial charge in [0.25, 0.3) is 11.8 Å². The maximum Gasteiger partial charge on any atom is 0.335 e. The van der Waals surface area contributed by atoms with Crippen LogP contribution in [0.5, 0.6) is 17.2 Å². The molecule has 0 aliphatic carbocycles. The van der Waals surface area contributed by atoms with E-state index in [0.29, 0.717) is 46.2 Å². The van der Waals surface area contributed by atoms with E-state index >= 15 is 0 Å². The molecule has 1 heterocycles. The first-order valence-corrected chi connectivity index (χ1v) is 13.9. The fraction of sp³-hybridized carbons (Fsp3) is 0.258. The summed E-state index contributed by atoms with van der Waals surface area (Å²) in [6.45, 7) is 3.08. The molecule has 4 rings (SSSR count). The molecule has 0 radical (unpaired) electrons. The van der Waals surface area contributed by atoms with Crippen molar-refractivity contribution < 1.29 is 28.6 Å². The van der Waals surface area contributed by atoms with E-state index in [4.69, 9.17) is 14.2 Å². The Morgan fingerprint density at radius 3 is 2.38 bits per heavy atom. The fourth-order valence-corrected chi connectivity index (χ4v) is 4.73. The Labute approximate surface area is 242 Å². The minimum Gasteiger partial charge on any atom is -0.493 e. The number of carbonyl (C=O) groups excluding carboxylic acids is 3. The molecule has 0 spiro atoms. The Balaban J connectivity index is 1.51. The molecule has 1 fully saturated rings. The zero-order chi connectivity index (χ0) is 28.5. The fourth-order valence-electron chi connectivity index (χ4n) is 4.16. The van der Waals surface area contributed by atoms with Crippen molar-refractivity contribution in [1.29, 1.82) is 0 Å². The quantitative estimate of drug-likeness (QED) is 0.141. The number of methoxy groups -OCH3 is 1. The van der Waals surface area contributed by atoms with Crippen LogP contribution in [0.1, 0.15) is 43.7 Å². The molecule has 0 aromatic heterocycles. The normalized spacial score (nSPS) is 14.3. The van der Waals surface area contributed by atoms with Gasteiger partial charge in [-0.1, -0.05) is 56.5 Å². The lowest BCUT2D eigenvalue weighted by Crippen LogP contribution is -2.54. The van der Waals surface area contributed by atoms with Gasteiger partial charge in [-0.25, -0.2) is 9.69 Å². The van der Waals surface area contributed by atoms with Crippen LogP contribution < -0.4 is 24.4 Å². The van der Waals surface area contributed by atoms with Crippen molar-refractivity contribution in [2.24, 2.45) is 0 Å². The maximum absolute atomic E-state index is 13.4. The number of ether oxygens (including phenoxy) is 3. The van der Waals surface area contributed by atoms with Crippen LogP contribution >= 0.6 is 15.9 Å². The molecule has 9 heteroatoms. The van der Waals surface area contributed by atoms with Crippen LogP contribution in [0.4, 0.5) is 10.5 Å². The number of hydrogen-bond donors (Lipinski definition) is 1. The lowest BCUT2D eigenvalue weighted by molar-refractivity contribution is -0.122. The van der Waals surface area contributed by atoms with Gasteiger partial charge in [-0.3, -0.25) is 14.9 Å². The van der Waals surface area contributed by atoms with Gasteiger partial charge in [-0.2, -0.15) is 0 Å². The second-order valence-electron chi connectivity index (χ2n) is 9.17. The summed E-state index contributed by atoms with van der Waals surface area (Å²) in [4.78, 5) is 39.6. The predicted octanol–water partition coefficient (Wildman–Crippen LogP) is 6.66. The van der Waals surface area contributed by atoms with Crippen LogP contribution in [-0.4, -0.2) is 31.6 Å². The van der Waals surface area contributed by atoms with Crippen LogP contribution in [0.25, 0.3) is 6.08 Å². The van der Waals surface area contributed by atoms with E-state index in [1.54, 1.807) is 36.4 Å². The first-order chi connectivity index (χ1) is 19.4. The van der Waals surface area contributed by atoms with E-state index in [0.717, 1.165) is 36.1 Å². The summed E-state index contributed by atoms with van der Waals surface area (Å²) in [6, 6.07) is 18.8. The molecule has 3 aromatic carbocycles. The Morgan fingerprint density at radius 1 is 0.925 bits per heavy atom. The number of imide groups is 2. The topological polar surface area (TPSA) is 94.2 Å². The number of anilines is 1. The highest BCUT2D eigenvalue weighted by atomic mass is 79.9. The van der Waals surface area contributed by atoms with Gasteiger partial charge < -0.3 is 14.2 Å². The van der Waals surface area contributed by atoms with Crippen molar-refractivity contribution in [3.05, 3.63) is 87.9 Å². The average molecular weight is 608 g/mol. The molecule has 0 bridgehead atoms. The number of nitrogens with one attached hydrogen (secondary N) is 1. The molecule has 0 atom stereocenters. The third-order valence-corrected chi connectivity index (χ3v) is 6.84. The lowest BCUT2D eigenvalue weighted by Gasteiger charge is -2.26. The second kappa shape index (κ2) is 13.8. The molecule has 0 saturated carbocycles. The predicted molar refractivity (Wildman–Crippen MR) is 157 cm³/mol. The number of urea groups is 1. The number of nitrogens with zero attached hydrogens (tertiary/aromatic N) is 1. The van der Waals surface area contributed by atoms with Crippen LogP contribution in [0.3, 0.4) is 0 Å². The molecule has 1 saturated heterocycles. The summed E-state index contributed by atoms with van der Waals surface area (Å²) in [5.74, 6) is 0.0683. The highest BCUT2D eigenvalue weighted by Crippen LogP contribution is 2.38. The summed E-state index contributed by atoms with van der Waals surface area (Å²) in [6.07, 6.45) is 5.72. The monoisotopic (exact) mass is 606 g/mol. The summed E-state index contributed by atoms with van der Waals surface area (Å²) < 4.78 is 17.9. The second-order valence-corrected chi connectivity index (χ2v) is 10.0. The van der Waals surface area contributed by atoms with E-state index in [9.17, 15) is 14.4 Å². The number of carbonyl (C=O) groups is 3. The van der Waals surface area contributed by atoms with Crippen molar-refractivity contribution in [3.8, 4) is 17.2 Å². The molecule has 4 amide bonds. The number of halogens is 1. The summed E-state index contributed by atoms with van der Waals surface area (Å²) in [7, 11) is 1.52. The highest BCUT2D eigenvalue weighted by Gasteiger charge is 2.37. The molecule has 40 heavy (non-hydrogen) atoms. The molecular formula is C31H31BrN2O6. The molecule has 0 unspecified atom stereocenters. The van der Waals surface area contributed by atoms with Gasteiger partial charge in [-0.05, 0) is 76.0 Å². The van der Waals surface area contributed by atoms with Gasteiger partial charge in [-0.15, -0.1) is 0 Å². The van der Waals surface area contributed by atoms with Gasteiger partial charge in [0.15, 0.2) is 11.5 Å². The minimum atomic E-state index is -0.823. The Hall–Kier alpha value is -4.11. The van der Waals surface area contributed by atoms with Gasteiger partial charge in [0.2, 0.25) is 0 Å². The Kier molecular flexibility index (Phi) is 9.96. The first-order valence-electron chi connectivity index (χ1n) is 13.1. The zero-order valence-electron chi connectivity index (χ0n) is 22.4. The van der Waals surface area contributed by atoms with Crippen LogP contribution in [0.15, 0.2) is 76.8 Å². The smallest absolute Gasteiger partial charge is 0.335 e. The van der Waals surface area contributed by atoms with Crippen molar-refractivity contribution in [3.63, 3.8) is 0 Å². The standard InChI is InChI=1S/C31H31BrN2O6/c1-3-4-5-9-16-39-28-26(32)18-22(19-27(28)38-2)17-25-29(35)33-31(37)34(30(25)36)23-12-14-24(15-13-23)40-20-21-10-7-6-8-11-21/h6-8,10-15,17-19H,3-5,9,16,20H2,1-2H3,(H,33,35,37)/b25-17-. The first kappa shape index (κ1) is 28.9. The van der Waals surface area contributed by atoms with Crippen molar-refractivity contribution >= 4 is 45.5 Å². The molecule has 1 aliphatic rings. The van der Waals surface area contributed by atoms with Crippen molar-refractivity contribution in [2.45, 2.75) is 39.2 Å². The SMILES string of the molecule is CCCCCCOc1c(Br)cc(/C=C2/C(=O)NC(=O)N(c3ccc(OCc4ccccc4)cc3)C2=O)cc1OC. The van der Waals surface area contributed by atoms with E-state index < -0.39 is 17.8 Å². The third-order valence-electron chi connectivity index (χ3n) is 6.25. The molecule has 208 valence electrons. The Bertz CT molecular complexity index is 1390. The van der Waals surface area contributed by atoms with E-state index in [-0.39, 0.29) is 5.57 Å². The van der Waals surface area contributed by atoms with Crippen LogP contribution in [-0.2, 0) is 16.2 Å². The van der Waals surface area contributed by atoms with Gasteiger partial charge >= 0.3 is 6.03 Å². The number of amides is 4. The van der Waals surface area contributed by atoms with Gasteiger partial charge in [0, 0.05) is 0 Å². The van der Waals surface area contributed by atoms with Gasteiger partial charge in [0.05, 0.1) is 23.9 Å². The summed E-state index contributed by atoms with van der Waals surface area (Å²) in [5, 5.41) is 2.25. The average Bonchev–Trinajstić information content (AvgIpc) is 2.96. The van der Waals surface area contributed by atoms with Crippen molar-refractivity contribution in [2.75, 3.05) is 18.6 Å². The molecule has 3 aromatic rings.